The zero-order valence-electron chi connectivity index (χ0n) is 15.8. The van der Waals surface area contributed by atoms with Crippen molar-refractivity contribution in [2.45, 2.75) is 25.9 Å². The first kappa shape index (κ1) is 19.0. The van der Waals surface area contributed by atoms with E-state index < -0.39 is 0 Å². The first-order chi connectivity index (χ1) is 13.2. The van der Waals surface area contributed by atoms with E-state index in [1.54, 1.807) is 25.2 Å². The van der Waals surface area contributed by atoms with Crippen LogP contribution in [0.5, 0.6) is 11.5 Å². The lowest BCUT2D eigenvalue weighted by molar-refractivity contribution is 0.214. The van der Waals surface area contributed by atoms with Gasteiger partial charge >= 0.3 is 0 Å². The van der Waals surface area contributed by atoms with Crippen molar-refractivity contribution in [3.8, 4) is 11.5 Å². The SMILES string of the molecule is CN=C(NCCc1ccc2c(c1)CCO2)NCC(C)Oc1ccccc1F. The molecule has 1 aliphatic rings. The normalized spacial score (nSPS) is 14.3. The Hall–Kier alpha value is -2.76. The number of aliphatic imine (C=N–C) groups is 1. The maximum Gasteiger partial charge on any atom is 0.191 e. The molecule has 2 N–H and O–H groups in total. The number of benzene rings is 2. The van der Waals surface area contributed by atoms with Gasteiger partial charge in [-0.15, -0.1) is 0 Å². The third-order valence-corrected chi connectivity index (χ3v) is 4.41. The van der Waals surface area contributed by atoms with E-state index >= 15 is 0 Å². The molecule has 1 unspecified atom stereocenters. The second kappa shape index (κ2) is 9.26. The molecule has 1 heterocycles. The minimum Gasteiger partial charge on any atom is -0.493 e. The van der Waals surface area contributed by atoms with Crippen LogP contribution < -0.4 is 20.1 Å². The predicted octanol–water partition coefficient (Wildman–Crippen LogP) is 2.94. The number of hydrogen-bond acceptors (Lipinski definition) is 3. The van der Waals surface area contributed by atoms with Crippen LogP contribution in [0.1, 0.15) is 18.1 Å². The van der Waals surface area contributed by atoms with E-state index in [0.29, 0.717) is 12.5 Å². The third kappa shape index (κ3) is 5.36. The van der Waals surface area contributed by atoms with E-state index in [1.807, 2.05) is 13.0 Å². The number of para-hydroxylation sites is 1. The zero-order valence-corrected chi connectivity index (χ0v) is 15.8. The summed E-state index contributed by atoms with van der Waals surface area (Å²) in [5.74, 6) is 1.61. The summed E-state index contributed by atoms with van der Waals surface area (Å²) in [5, 5.41) is 6.50. The Bertz CT molecular complexity index is 795. The van der Waals surface area contributed by atoms with Crippen LogP contribution in [0, 0.1) is 5.82 Å². The maximum absolute atomic E-state index is 13.6. The first-order valence-corrected chi connectivity index (χ1v) is 9.26. The quantitative estimate of drug-likeness (QED) is 0.580. The van der Waals surface area contributed by atoms with Gasteiger partial charge in [0.2, 0.25) is 0 Å². The summed E-state index contributed by atoms with van der Waals surface area (Å²) in [7, 11) is 1.73. The Morgan fingerprint density at radius 3 is 2.93 bits per heavy atom. The first-order valence-electron chi connectivity index (χ1n) is 9.26. The average molecular weight is 371 g/mol. The number of fused-ring (bicyclic) bond motifs is 1. The maximum atomic E-state index is 13.6. The Kier molecular flexibility index (Phi) is 6.52. The highest BCUT2D eigenvalue weighted by molar-refractivity contribution is 5.79. The highest BCUT2D eigenvalue weighted by Gasteiger charge is 2.12. The summed E-state index contributed by atoms with van der Waals surface area (Å²) in [6.07, 6.45) is 1.69. The van der Waals surface area contributed by atoms with Gasteiger partial charge in [0.05, 0.1) is 13.2 Å². The van der Waals surface area contributed by atoms with Crippen LogP contribution >= 0.6 is 0 Å². The van der Waals surface area contributed by atoms with Crippen molar-refractivity contribution >= 4 is 5.96 Å². The minimum atomic E-state index is -0.355. The lowest BCUT2D eigenvalue weighted by Crippen LogP contribution is -2.42. The highest BCUT2D eigenvalue weighted by Crippen LogP contribution is 2.25. The van der Waals surface area contributed by atoms with E-state index in [0.717, 1.165) is 31.7 Å². The van der Waals surface area contributed by atoms with Crippen LogP contribution in [0.25, 0.3) is 0 Å². The second-order valence-corrected chi connectivity index (χ2v) is 6.53. The minimum absolute atomic E-state index is 0.197. The predicted molar refractivity (Wildman–Crippen MR) is 105 cm³/mol. The standard InChI is InChI=1S/C21H26FN3O2/c1-15(27-20-6-4-3-5-18(20)22)14-25-21(23-2)24-11-9-16-7-8-19-17(13-16)10-12-26-19/h3-8,13,15H,9-12,14H2,1-2H3,(H2,23,24,25). The van der Waals surface area contributed by atoms with Crippen molar-refractivity contribution in [3.63, 3.8) is 0 Å². The van der Waals surface area contributed by atoms with Crippen molar-refractivity contribution in [3.05, 3.63) is 59.4 Å². The van der Waals surface area contributed by atoms with Gasteiger partial charge in [0, 0.05) is 20.0 Å². The monoisotopic (exact) mass is 371 g/mol. The van der Waals surface area contributed by atoms with E-state index in [9.17, 15) is 4.39 Å². The van der Waals surface area contributed by atoms with Gasteiger partial charge in [0.15, 0.2) is 17.5 Å². The molecule has 5 nitrogen and oxygen atoms in total. The lowest BCUT2D eigenvalue weighted by Gasteiger charge is -2.18. The van der Waals surface area contributed by atoms with Gasteiger partial charge in [-0.2, -0.15) is 0 Å². The van der Waals surface area contributed by atoms with Gasteiger partial charge in [0.25, 0.3) is 0 Å². The van der Waals surface area contributed by atoms with Gasteiger partial charge in [-0.25, -0.2) is 4.39 Å². The molecule has 2 aromatic rings. The molecule has 0 aliphatic carbocycles. The van der Waals surface area contributed by atoms with Crippen molar-refractivity contribution in [1.29, 1.82) is 0 Å². The number of ether oxygens (including phenoxy) is 2. The number of rotatable bonds is 7. The summed E-state index contributed by atoms with van der Waals surface area (Å²) >= 11 is 0. The topological polar surface area (TPSA) is 54.9 Å². The average Bonchev–Trinajstić information content (AvgIpc) is 3.14. The molecule has 0 amide bonds. The Balaban J connectivity index is 1.41. The summed E-state index contributed by atoms with van der Waals surface area (Å²) in [6, 6.07) is 12.8. The molecule has 0 saturated heterocycles. The van der Waals surface area contributed by atoms with Gasteiger partial charge < -0.3 is 20.1 Å². The molecule has 0 aromatic heterocycles. The molecular weight excluding hydrogens is 345 g/mol. The van der Waals surface area contributed by atoms with Crippen LogP contribution in [0.2, 0.25) is 0 Å². The number of hydrogen-bond donors (Lipinski definition) is 2. The molecule has 0 radical (unpaired) electrons. The molecule has 0 fully saturated rings. The van der Waals surface area contributed by atoms with E-state index in [2.05, 4.69) is 27.8 Å². The van der Waals surface area contributed by atoms with Gasteiger partial charge in [-0.05, 0) is 42.7 Å². The lowest BCUT2D eigenvalue weighted by atomic mass is 10.1. The molecule has 2 aromatic carbocycles. The summed E-state index contributed by atoms with van der Waals surface area (Å²) in [5.41, 5.74) is 2.56. The number of halogens is 1. The van der Waals surface area contributed by atoms with Crippen molar-refractivity contribution in [2.75, 3.05) is 26.7 Å². The fourth-order valence-corrected chi connectivity index (χ4v) is 2.98. The van der Waals surface area contributed by atoms with E-state index in [1.165, 1.54) is 17.2 Å². The third-order valence-electron chi connectivity index (χ3n) is 4.41. The molecular formula is C21H26FN3O2. The van der Waals surface area contributed by atoms with Crippen molar-refractivity contribution in [1.82, 2.24) is 10.6 Å². The summed E-state index contributed by atoms with van der Waals surface area (Å²) in [6.45, 7) is 3.95. The van der Waals surface area contributed by atoms with Gasteiger partial charge in [0.1, 0.15) is 11.9 Å². The largest absolute Gasteiger partial charge is 0.493 e. The smallest absolute Gasteiger partial charge is 0.191 e. The van der Waals surface area contributed by atoms with Crippen LogP contribution in [-0.4, -0.2) is 38.8 Å². The molecule has 0 bridgehead atoms. The molecule has 0 spiro atoms. The Morgan fingerprint density at radius 1 is 1.26 bits per heavy atom. The van der Waals surface area contributed by atoms with Crippen LogP contribution in [0.15, 0.2) is 47.5 Å². The fraction of sp³-hybridized carbons (Fsp3) is 0.381. The molecule has 6 heteroatoms. The van der Waals surface area contributed by atoms with Crippen LogP contribution in [-0.2, 0) is 12.8 Å². The molecule has 3 rings (SSSR count). The second-order valence-electron chi connectivity index (χ2n) is 6.53. The molecule has 144 valence electrons. The zero-order chi connectivity index (χ0) is 19.1. The fourth-order valence-electron chi connectivity index (χ4n) is 2.98. The molecule has 1 aliphatic heterocycles. The summed E-state index contributed by atoms with van der Waals surface area (Å²) in [4.78, 5) is 4.22. The van der Waals surface area contributed by atoms with Crippen LogP contribution in [0.4, 0.5) is 4.39 Å². The number of nitrogens with one attached hydrogen (secondary N) is 2. The van der Waals surface area contributed by atoms with Gasteiger partial charge in [-0.1, -0.05) is 24.3 Å². The Labute approximate surface area is 159 Å². The van der Waals surface area contributed by atoms with Crippen LogP contribution in [0.3, 0.4) is 0 Å². The molecule has 27 heavy (non-hydrogen) atoms. The molecule has 1 atom stereocenters. The summed E-state index contributed by atoms with van der Waals surface area (Å²) < 4.78 is 24.8. The number of guanidine groups is 1. The number of nitrogens with zero attached hydrogens (tertiary/aromatic N) is 1. The van der Waals surface area contributed by atoms with Gasteiger partial charge in [-0.3, -0.25) is 4.99 Å². The van der Waals surface area contributed by atoms with E-state index in [-0.39, 0.29) is 17.7 Å². The van der Waals surface area contributed by atoms with Crippen molar-refractivity contribution in [2.24, 2.45) is 4.99 Å². The van der Waals surface area contributed by atoms with E-state index in [4.69, 9.17) is 9.47 Å². The Morgan fingerprint density at radius 2 is 2.11 bits per heavy atom. The van der Waals surface area contributed by atoms with Crippen molar-refractivity contribution < 1.29 is 13.9 Å². The molecule has 0 saturated carbocycles. The highest BCUT2D eigenvalue weighted by atomic mass is 19.1.